The zero-order valence-corrected chi connectivity index (χ0v) is 13.9. The molecule has 0 spiro atoms. The average Bonchev–Trinajstić information content (AvgIpc) is 2.53. The monoisotopic (exact) mass is 295 g/mol. The Kier molecular flexibility index (Phi) is 7.54. The minimum atomic E-state index is -0.540. The smallest absolute Gasteiger partial charge is 0.161 e. The van der Waals surface area contributed by atoms with Gasteiger partial charge in [-0.1, -0.05) is 26.3 Å². The predicted molar refractivity (Wildman–Crippen MR) is 86.1 cm³/mol. The minimum absolute atomic E-state index is 0.0691. The van der Waals surface area contributed by atoms with Gasteiger partial charge in [0.15, 0.2) is 11.5 Å². The van der Waals surface area contributed by atoms with Gasteiger partial charge >= 0.3 is 0 Å². The molecule has 21 heavy (non-hydrogen) atoms. The van der Waals surface area contributed by atoms with Crippen LogP contribution < -0.4 is 9.47 Å². The summed E-state index contributed by atoms with van der Waals surface area (Å²) < 4.78 is 10.5. The fraction of sp³-hybridized carbons (Fsp3) is 0.647. The Labute approximate surface area is 128 Å². The Morgan fingerprint density at radius 2 is 1.81 bits per heavy atom. The van der Waals surface area contributed by atoms with E-state index in [9.17, 15) is 5.11 Å². The van der Waals surface area contributed by atoms with Crippen molar-refractivity contribution in [1.29, 1.82) is 0 Å². The van der Waals surface area contributed by atoms with Gasteiger partial charge in [-0.05, 0) is 44.1 Å². The molecule has 1 aromatic carbocycles. The van der Waals surface area contributed by atoms with Gasteiger partial charge in [0.1, 0.15) is 0 Å². The number of benzene rings is 1. The summed E-state index contributed by atoms with van der Waals surface area (Å²) in [5, 5.41) is 10.6. The quantitative estimate of drug-likeness (QED) is 0.759. The number of unbranched alkanes of at least 4 members (excludes halogenated alkanes) is 1. The first-order chi connectivity index (χ1) is 10.1. The van der Waals surface area contributed by atoms with E-state index in [0.29, 0.717) is 11.5 Å². The maximum Gasteiger partial charge on any atom is 0.161 e. The molecule has 0 fully saturated rings. The van der Waals surface area contributed by atoms with Gasteiger partial charge in [-0.3, -0.25) is 4.90 Å². The Morgan fingerprint density at radius 1 is 1.14 bits per heavy atom. The van der Waals surface area contributed by atoms with Crippen molar-refractivity contribution in [2.24, 2.45) is 0 Å². The third-order valence-electron chi connectivity index (χ3n) is 3.99. The number of aliphatic hydroxyl groups is 1. The first-order valence-corrected chi connectivity index (χ1v) is 7.73. The number of rotatable bonds is 9. The second kappa shape index (κ2) is 8.90. The molecule has 1 rings (SSSR count). The first kappa shape index (κ1) is 17.8. The summed E-state index contributed by atoms with van der Waals surface area (Å²) in [6, 6.07) is 5.66. The molecule has 0 aliphatic carbocycles. The van der Waals surface area contributed by atoms with Gasteiger partial charge in [-0.15, -0.1) is 0 Å². The molecular weight excluding hydrogens is 266 g/mol. The van der Waals surface area contributed by atoms with E-state index in [-0.39, 0.29) is 6.04 Å². The average molecular weight is 295 g/mol. The third-order valence-corrected chi connectivity index (χ3v) is 3.99. The number of hydrogen-bond acceptors (Lipinski definition) is 4. The number of methoxy groups -OCH3 is 2. The van der Waals surface area contributed by atoms with Crippen molar-refractivity contribution in [3.63, 3.8) is 0 Å². The highest BCUT2D eigenvalue weighted by molar-refractivity contribution is 5.43. The van der Waals surface area contributed by atoms with Crippen LogP contribution in [-0.4, -0.2) is 43.4 Å². The van der Waals surface area contributed by atoms with Crippen LogP contribution in [0.5, 0.6) is 11.5 Å². The Morgan fingerprint density at radius 3 is 2.33 bits per heavy atom. The van der Waals surface area contributed by atoms with Crippen LogP contribution in [0, 0.1) is 0 Å². The van der Waals surface area contributed by atoms with Crippen molar-refractivity contribution >= 4 is 0 Å². The summed E-state index contributed by atoms with van der Waals surface area (Å²) in [4.78, 5) is 2.31. The molecule has 2 unspecified atom stereocenters. The number of aliphatic hydroxyl groups excluding tert-OH is 1. The van der Waals surface area contributed by atoms with Gasteiger partial charge in [0, 0.05) is 6.04 Å². The highest BCUT2D eigenvalue weighted by Crippen LogP contribution is 2.31. The Balaban J connectivity index is 2.88. The van der Waals surface area contributed by atoms with Gasteiger partial charge in [-0.25, -0.2) is 0 Å². The van der Waals surface area contributed by atoms with Gasteiger partial charge in [0.2, 0.25) is 0 Å². The molecular formula is C17H29NO3. The fourth-order valence-corrected chi connectivity index (χ4v) is 2.53. The van der Waals surface area contributed by atoms with Crippen molar-refractivity contribution in [1.82, 2.24) is 4.90 Å². The largest absolute Gasteiger partial charge is 0.493 e. The number of hydrogen-bond donors (Lipinski definition) is 1. The molecule has 1 N–H and O–H groups in total. The second-order valence-corrected chi connectivity index (χ2v) is 5.28. The third kappa shape index (κ3) is 4.61. The topological polar surface area (TPSA) is 41.9 Å². The first-order valence-electron chi connectivity index (χ1n) is 7.73. The molecule has 0 heterocycles. The lowest BCUT2D eigenvalue weighted by Gasteiger charge is -2.31. The van der Waals surface area contributed by atoms with Gasteiger partial charge in [0.05, 0.1) is 20.3 Å². The number of likely N-dealkylation sites (N-methyl/N-ethyl adjacent to an activating group) is 1. The maximum absolute atomic E-state index is 10.6. The van der Waals surface area contributed by atoms with Gasteiger partial charge in [0.25, 0.3) is 0 Å². The van der Waals surface area contributed by atoms with Crippen molar-refractivity contribution in [3.05, 3.63) is 23.8 Å². The fourth-order valence-electron chi connectivity index (χ4n) is 2.53. The van der Waals surface area contributed by atoms with E-state index in [2.05, 4.69) is 25.7 Å². The lowest BCUT2D eigenvalue weighted by molar-refractivity contribution is 0.0597. The molecule has 0 saturated carbocycles. The van der Waals surface area contributed by atoms with E-state index < -0.39 is 6.10 Å². The van der Waals surface area contributed by atoms with Crippen LogP contribution in [-0.2, 0) is 0 Å². The maximum atomic E-state index is 10.6. The molecule has 0 saturated heterocycles. The SMILES string of the molecule is CCCCN(CC)C(C)C(O)c1ccc(OC)c(OC)c1. The van der Waals surface area contributed by atoms with Crippen LogP contribution in [0.3, 0.4) is 0 Å². The minimum Gasteiger partial charge on any atom is -0.493 e. The standard InChI is InChI=1S/C17H29NO3/c1-6-8-11-18(7-2)13(3)17(19)14-9-10-15(20-4)16(12-14)21-5/h9-10,12-13,17,19H,6-8,11H2,1-5H3. The zero-order chi connectivity index (χ0) is 15.8. The summed E-state index contributed by atoms with van der Waals surface area (Å²) >= 11 is 0. The lowest BCUT2D eigenvalue weighted by Crippen LogP contribution is -2.38. The summed E-state index contributed by atoms with van der Waals surface area (Å²) in [5.41, 5.74) is 0.857. The van der Waals surface area contributed by atoms with Crippen LogP contribution in [0.25, 0.3) is 0 Å². The summed E-state index contributed by atoms with van der Waals surface area (Å²) in [5.74, 6) is 1.33. The van der Waals surface area contributed by atoms with E-state index in [1.807, 2.05) is 18.2 Å². The molecule has 0 aliphatic rings. The summed E-state index contributed by atoms with van der Waals surface area (Å²) in [6.07, 6.45) is 1.77. The molecule has 0 bridgehead atoms. The molecule has 4 heteroatoms. The molecule has 120 valence electrons. The Hall–Kier alpha value is -1.26. The normalized spacial score (nSPS) is 14.0. The molecule has 0 aromatic heterocycles. The van der Waals surface area contributed by atoms with Crippen molar-refractivity contribution in [2.45, 2.75) is 45.8 Å². The number of ether oxygens (including phenoxy) is 2. The van der Waals surface area contributed by atoms with E-state index in [4.69, 9.17) is 9.47 Å². The van der Waals surface area contributed by atoms with E-state index in [1.54, 1.807) is 14.2 Å². The summed E-state index contributed by atoms with van der Waals surface area (Å²) in [7, 11) is 3.22. The molecule has 4 nitrogen and oxygen atoms in total. The molecule has 1 aromatic rings. The van der Waals surface area contributed by atoms with E-state index in [1.165, 1.54) is 0 Å². The summed E-state index contributed by atoms with van der Waals surface area (Å²) in [6.45, 7) is 8.33. The Bertz CT molecular complexity index is 422. The van der Waals surface area contributed by atoms with Crippen molar-refractivity contribution in [3.8, 4) is 11.5 Å². The van der Waals surface area contributed by atoms with Crippen LogP contribution in [0.15, 0.2) is 18.2 Å². The molecule has 0 radical (unpaired) electrons. The van der Waals surface area contributed by atoms with Gasteiger partial charge in [-0.2, -0.15) is 0 Å². The van der Waals surface area contributed by atoms with E-state index in [0.717, 1.165) is 31.5 Å². The van der Waals surface area contributed by atoms with Crippen LogP contribution >= 0.6 is 0 Å². The molecule has 0 aliphatic heterocycles. The zero-order valence-electron chi connectivity index (χ0n) is 13.9. The molecule has 2 atom stereocenters. The van der Waals surface area contributed by atoms with Crippen LogP contribution in [0.4, 0.5) is 0 Å². The second-order valence-electron chi connectivity index (χ2n) is 5.28. The van der Waals surface area contributed by atoms with E-state index >= 15 is 0 Å². The van der Waals surface area contributed by atoms with Crippen molar-refractivity contribution < 1.29 is 14.6 Å². The highest BCUT2D eigenvalue weighted by atomic mass is 16.5. The lowest BCUT2D eigenvalue weighted by atomic mass is 10.0. The molecule has 0 amide bonds. The van der Waals surface area contributed by atoms with Gasteiger partial charge < -0.3 is 14.6 Å². The number of nitrogens with zero attached hydrogens (tertiary/aromatic N) is 1. The van der Waals surface area contributed by atoms with Crippen LogP contribution in [0.1, 0.15) is 45.3 Å². The predicted octanol–water partition coefficient (Wildman–Crippen LogP) is 3.25. The van der Waals surface area contributed by atoms with Crippen molar-refractivity contribution in [2.75, 3.05) is 27.3 Å². The highest BCUT2D eigenvalue weighted by Gasteiger charge is 2.22. The van der Waals surface area contributed by atoms with Crippen LogP contribution in [0.2, 0.25) is 0 Å².